The van der Waals surface area contributed by atoms with Gasteiger partial charge in [0.05, 0.1) is 5.69 Å². The lowest BCUT2D eigenvalue weighted by molar-refractivity contribution is -0.118. The molecule has 0 amide bonds. The largest absolute Gasteiger partial charge is 0.350 e. The van der Waals surface area contributed by atoms with Gasteiger partial charge in [0, 0.05) is 28.8 Å². The van der Waals surface area contributed by atoms with Gasteiger partial charge in [-0.2, -0.15) is 5.10 Å². The van der Waals surface area contributed by atoms with E-state index in [9.17, 15) is 18.4 Å². The molecule has 0 aliphatic heterocycles. The quantitative estimate of drug-likeness (QED) is 0.643. The van der Waals surface area contributed by atoms with Gasteiger partial charge in [-0.15, -0.1) is 0 Å². The van der Waals surface area contributed by atoms with Crippen LogP contribution < -0.4 is 10.9 Å². The highest BCUT2D eigenvalue weighted by Gasteiger charge is 2.39. The number of nitrogens with zero attached hydrogens (tertiary/aromatic N) is 1. The van der Waals surface area contributed by atoms with E-state index in [0.29, 0.717) is 11.3 Å². The standard InChI is InChI=1S/C22H19F2N3O2/c1-12(28)18(13-7-8-13)19-20(14-5-3-2-4-6-14)26-27-22(29)21(19)25-17-10-15(23)9-16(24)11-17/h2-6,9-11,13,18H,7-8H2,1H3,(H,25,26)(H,27,29). The smallest absolute Gasteiger partial charge is 0.288 e. The van der Waals surface area contributed by atoms with E-state index >= 15 is 0 Å². The molecule has 4 rings (SSSR count). The number of anilines is 2. The lowest BCUT2D eigenvalue weighted by atomic mass is 9.86. The number of benzene rings is 2. The molecule has 1 unspecified atom stereocenters. The van der Waals surface area contributed by atoms with Crippen molar-refractivity contribution in [3.63, 3.8) is 0 Å². The van der Waals surface area contributed by atoms with Gasteiger partial charge in [-0.1, -0.05) is 30.3 Å². The van der Waals surface area contributed by atoms with Crippen LogP contribution in [0.2, 0.25) is 0 Å². The van der Waals surface area contributed by atoms with Crippen LogP contribution in [0.15, 0.2) is 53.3 Å². The molecule has 1 saturated carbocycles. The number of hydrogen-bond donors (Lipinski definition) is 2. The first-order valence-electron chi connectivity index (χ1n) is 9.35. The highest BCUT2D eigenvalue weighted by molar-refractivity contribution is 5.89. The van der Waals surface area contributed by atoms with E-state index < -0.39 is 23.1 Å². The summed E-state index contributed by atoms with van der Waals surface area (Å²) >= 11 is 0. The van der Waals surface area contributed by atoms with Crippen molar-refractivity contribution in [2.45, 2.75) is 25.7 Å². The van der Waals surface area contributed by atoms with Gasteiger partial charge in [-0.05, 0) is 37.8 Å². The van der Waals surface area contributed by atoms with E-state index in [1.165, 1.54) is 6.92 Å². The lowest BCUT2D eigenvalue weighted by Gasteiger charge is -2.21. The van der Waals surface area contributed by atoms with Crippen LogP contribution in [0.3, 0.4) is 0 Å². The van der Waals surface area contributed by atoms with Gasteiger partial charge in [0.1, 0.15) is 23.1 Å². The number of rotatable bonds is 6. The second-order valence-corrected chi connectivity index (χ2v) is 7.26. The summed E-state index contributed by atoms with van der Waals surface area (Å²) < 4.78 is 27.3. The van der Waals surface area contributed by atoms with Crippen LogP contribution in [0.5, 0.6) is 0 Å². The maximum Gasteiger partial charge on any atom is 0.288 e. The number of aromatic amines is 1. The Morgan fingerprint density at radius 3 is 2.38 bits per heavy atom. The lowest BCUT2D eigenvalue weighted by Crippen LogP contribution is -2.23. The fourth-order valence-corrected chi connectivity index (χ4v) is 3.68. The molecule has 5 nitrogen and oxygen atoms in total. The zero-order chi connectivity index (χ0) is 20.5. The third-order valence-electron chi connectivity index (χ3n) is 5.04. The number of hydrogen-bond acceptors (Lipinski definition) is 4. The summed E-state index contributed by atoms with van der Waals surface area (Å²) in [6.45, 7) is 1.49. The van der Waals surface area contributed by atoms with Crippen LogP contribution in [0.4, 0.5) is 20.2 Å². The normalized spacial score (nSPS) is 14.4. The third kappa shape index (κ3) is 3.94. The summed E-state index contributed by atoms with van der Waals surface area (Å²) in [5, 5.41) is 9.50. The molecule has 1 aliphatic carbocycles. The van der Waals surface area contributed by atoms with Crippen molar-refractivity contribution in [3.8, 4) is 11.3 Å². The molecule has 7 heteroatoms. The topological polar surface area (TPSA) is 74.8 Å². The zero-order valence-corrected chi connectivity index (χ0v) is 15.7. The van der Waals surface area contributed by atoms with Crippen molar-refractivity contribution in [2.75, 3.05) is 5.32 Å². The summed E-state index contributed by atoms with van der Waals surface area (Å²) in [6, 6.07) is 12.1. The maximum atomic E-state index is 13.7. The number of H-pyrrole nitrogens is 1. The number of carbonyl (C=O) groups is 1. The molecule has 29 heavy (non-hydrogen) atoms. The van der Waals surface area contributed by atoms with Gasteiger partial charge < -0.3 is 5.32 Å². The number of halogens is 2. The highest BCUT2D eigenvalue weighted by Crippen LogP contribution is 2.47. The molecular weight excluding hydrogens is 376 g/mol. The van der Waals surface area contributed by atoms with Crippen molar-refractivity contribution >= 4 is 17.2 Å². The summed E-state index contributed by atoms with van der Waals surface area (Å²) in [5.41, 5.74) is 1.26. The first-order valence-corrected chi connectivity index (χ1v) is 9.35. The Balaban J connectivity index is 1.93. The minimum atomic E-state index is -0.770. The Bertz CT molecular complexity index is 1100. The molecule has 1 aromatic heterocycles. The second kappa shape index (κ2) is 7.58. The highest BCUT2D eigenvalue weighted by atomic mass is 19.1. The molecule has 0 spiro atoms. The minimum absolute atomic E-state index is 0.0782. The zero-order valence-electron chi connectivity index (χ0n) is 15.7. The van der Waals surface area contributed by atoms with Crippen LogP contribution in [-0.4, -0.2) is 16.0 Å². The number of Topliss-reactive ketones (excluding diaryl/α,β-unsaturated/α-hetero) is 1. The molecule has 2 N–H and O–H groups in total. The SMILES string of the molecule is CC(=O)C(c1c(-c2ccccc2)n[nH]c(=O)c1Nc1cc(F)cc(F)c1)C1CC1. The Hall–Kier alpha value is -3.35. The van der Waals surface area contributed by atoms with Crippen molar-refractivity contribution in [3.05, 3.63) is 76.1 Å². The fourth-order valence-electron chi connectivity index (χ4n) is 3.68. The fraction of sp³-hybridized carbons (Fsp3) is 0.227. The Kier molecular flexibility index (Phi) is 4.96. The Morgan fingerprint density at radius 2 is 1.79 bits per heavy atom. The Labute approximate surface area is 165 Å². The summed E-state index contributed by atoms with van der Waals surface area (Å²) in [5.74, 6) is -2.03. The average Bonchev–Trinajstić information content (AvgIpc) is 3.49. The first kappa shape index (κ1) is 19.0. The van der Waals surface area contributed by atoms with Crippen molar-refractivity contribution in [1.82, 2.24) is 10.2 Å². The summed E-state index contributed by atoms with van der Waals surface area (Å²) in [4.78, 5) is 25.2. The van der Waals surface area contributed by atoms with Crippen molar-refractivity contribution in [2.24, 2.45) is 5.92 Å². The third-order valence-corrected chi connectivity index (χ3v) is 5.04. The van der Waals surface area contributed by atoms with E-state index in [1.807, 2.05) is 30.3 Å². The molecule has 2 aromatic carbocycles. The predicted octanol–water partition coefficient (Wildman–Crippen LogP) is 4.54. The van der Waals surface area contributed by atoms with Gasteiger partial charge in [-0.3, -0.25) is 9.59 Å². The molecule has 1 aliphatic rings. The van der Waals surface area contributed by atoms with Crippen LogP contribution in [-0.2, 0) is 4.79 Å². The van der Waals surface area contributed by atoms with Gasteiger partial charge in [-0.25, -0.2) is 13.9 Å². The predicted molar refractivity (Wildman–Crippen MR) is 106 cm³/mol. The van der Waals surface area contributed by atoms with E-state index in [4.69, 9.17) is 0 Å². The van der Waals surface area contributed by atoms with Gasteiger partial charge in [0.2, 0.25) is 0 Å². The minimum Gasteiger partial charge on any atom is -0.350 e. The molecule has 0 radical (unpaired) electrons. The van der Waals surface area contributed by atoms with Crippen LogP contribution in [0.25, 0.3) is 11.3 Å². The van der Waals surface area contributed by atoms with Crippen LogP contribution in [0, 0.1) is 17.6 Å². The number of nitrogens with one attached hydrogen (secondary N) is 2. The molecule has 0 bridgehead atoms. The monoisotopic (exact) mass is 395 g/mol. The Morgan fingerprint density at radius 1 is 1.14 bits per heavy atom. The van der Waals surface area contributed by atoms with E-state index in [1.54, 1.807) is 0 Å². The molecule has 1 heterocycles. The van der Waals surface area contributed by atoms with E-state index in [2.05, 4.69) is 15.5 Å². The summed E-state index contributed by atoms with van der Waals surface area (Å²) in [7, 11) is 0. The molecule has 1 atom stereocenters. The van der Waals surface area contributed by atoms with E-state index in [0.717, 1.165) is 36.6 Å². The average molecular weight is 395 g/mol. The van der Waals surface area contributed by atoms with Crippen LogP contribution in [0.1, 0.15) is 31.2 Å². The molecule has 3 aromatic rings. The number of carbonyl (C=O) groups excluding carboxylic acids is 1. The van der Waals surface area contributed by atoms with Crippen molar-refractivity contribution < 1.29 is 13.6 Å². The number of ketones is 1. The second-order valence-electron chi connectivity index (χ2n) is 7.26. The molecule has 148 valence electrons. The molecule has 0 saturated heterocycles. The van der Waals surface area contributed by atoms with Crippen molar-refractivity contribution in [1.29, 1.82) is 0 Å². The maximum absolute atomic E-state index is 13.7. The van der Waals surface area contributed by atoms with Crippen LogP contribution >= 0.6 is 0 Å². The number of aromatic nitrogens is 2. The first-order chi connectivity index (χ1) is 13.9. The molecule has 1 fully saturated rings. The van der Waals surface area contributed by atoms with Gasteiger partial charge in [0.25, 0.3) is 5.56 Å². The summed E-state index contributed by atoms with van der Waals surface area (Å²) in [6.07, 6.45) is 1.75. The van der Waals surface area contributed by atoms with E-state index in [-0.39, 0.29) is 23.1 Å². The van der Waals surface area contributed by atoms with Gasteiger partial charge in [0.15, 0.2) is 0 Å². The van der Waals surface area contributed by atoms with Gasteiger partial charge >= 0.3 is 0 Å². The molecular formula is C22H19F2N3O2.